The molecule has 2 aromatic heterocycles. The highest BCUT2D eigenvalue weighted by Gasteiger charge is 2.59. The number of ether oxygens (including phenoxy) is 1. The average Bonchev–Trinajstić information content (AvgIpc) is 3.50. The Bertz CT molecular complexity index is 1270. The summed E-state index contributed by atoms with van der Waals surface area (Å²) in [5.41, 5.74) is 1.81. The third-order valence-electron chi connectivity index (χ3n) is 6.09. The van der Waals surface area contributed by atoms with Crippen molar-refractivity contribution in [2.24, 2.45) is 17.8 Å². The zero-order chi connectivity index (χ0) is 24.6. The highest BCUT2D eigenvalue weighted by molar-refractivity contribution is 6.36. The zero-order valence-corrected chi connectivity index (χ0v) is 20.2. The van der Waals surface area contributed by atoms with Crippen molar-refractivity contribution in [1.82, 2.24) is 14.9 Å². The smallest absolute Gasteiger partial charge is 0.310 e. The number of anilines is 1. The molecule has 3 atom stereocenters. The van der Waals surface area contributed by atoms with Crippen LogP contribution in [0.15, 0.2) is 36.8 Å². The topological polar surface area (TPSA) is 84.4 Å². The van der Waals surface area contributed by atoms with Gasteiger partial charge in [-0.25, -0.2) is 9.37 Å². The number of esters is 1. The van der Waals surface area contributed by atoms with E-state index < -0.39 is 17.7 Å². The predicted octanol–water partition coefficient (Wildman–Crippen LogP) is 4.32. The van der Waals surface area contributed by atoms with E-state index in [0.29, 0.717) is 34.3 Å². The van der Waals surface area contributed by atoms with Gasteiger partial charge in [0.25, 0.3) is 0 Å². The highest BCUT2D eigenvalue weighted by Crippen LogP contribution is 2.48. The molecule has 1 saturated carbocycles. The molecule has 0 radical (unpaired) electrons. The maximum atomic E-state index is 15.0. The molecular formula is C25H26ClFN4O3. The second-order valence-electron chi connectivity index (χ2n) is 8.75. The van der Waals surface area contributed by atoms with Crippen molar-refractivity contribution in [2.45, 2.75) is 13.8 Å². The number of rotatable bonds is 7. The van der Waals surface area contributed by atoms with Crippen molar-refractivity contribution in [3.63, 3.8) is 0 Å². The van der Waals surface area contributed by atoms with Gasteiger partial charge in [-0.15, -0.1) is 0 Å². The molecule has 2 heterocycles. The Balaban J connectivity index is 1.63. The fraction of sp³-hybridized carbons (Fsp3) is 0.360. The molecule has 0 unspecified atom stereocenters. The summed E-state index contributed by atoms with van der Waals surface area (Å²) in [4.78, 5) is 35.6. The van der Waals surface area contributed by atoms with Gasteiger partial charge in [-0.2, -0.15) is 0 Å². The molecule has 34 heavy (non-hydrogen) atoms. The molecule has 1 aliphatic rings. The van der Waals surface area contributed by atoms with E-state index >= 15 is 4.39 Å². The van der Waals surface area contributed by atoms with Crippen LogP contribution < -0.4 is 5.32 Å². The Morgan fingerprint density at radius 3 is 2.65 bits per heavy atom. The summed E-state index contributed by atoms with van der Waals surface area (Å²) in [6.07, 6.45) is 4.67. The fourth-order valence-corrected chi connectivity index (χ4v) is 4.65. The van der Waals surface area contributed by atoms with Crippen LogP contribution in [0.5, 0.6) is 0 Å². The minimum atomic E-state index is -0.550. The Morgan fingerprint density at radius 1 is 1.21 bits per heavy atom. The van der Waals surface area contributed by atoms with Gasteiger partial charge in [0.1, 0.15) is 11.6 Å². The number of hydrogen-bond acceptors (Lipinski definition) is 6. The quantitative estimate of drug-likeness (QED) is 0.503. The summed E-state index contributed by atoms with van der Waals surface area (Å²) in [5, 5.41) is 3.82. The number of hydrogen-bond donors (Lipinski definition) is 1. The third kappa shape index (κ3) is 4.60. The maximum absolute atomic E-state index is 15.0. The van der Waals surface area contributed by atoms with Crippen LogP contribution in [0.3, 0.4) is 0 Å². The average molecular weight is 485 g/mol. The summed E-state index contributed by atoms with van der Waals surface area (Å²) < 4.78 is 20.2. The first-order chi connectivity index (χ1) is 16.2. The van der Waals surface area contributed by atoms with Crippen LogP contribution in [0.2, 0.25) is 5.02 Å². The molecular weight excluding hydrogens is 459 g/mol. The van der Waals surface area contributed by atoms with Crippen LogP contribution in [0.25, 0.3) is 21.9 Å². The van der Waals surface area contributed by atoms with Crippen molar-refractivity contribution in [3.05, 3.63) is 53.2 Å². The molecule has 0 saturated heterocycles. The van der Waals surface area contributed by atoms with E-state index in [1.54, 1.807) is 37.5 Å². The van der Waals surface area contributed by atoms with Gasteiger partial charge in [0.2, 0.25) is 5.91 Å². The number of fused-ring (bicyclic) bond motifs is 1. The van der Waals surface area contributed by atoms with E-state index in [1.165, 1.54) is 6.20 Å². The van der Waals surface area contributed by atoms with Crippen molar-refractivity contribution < 1.29 is 18.7 Å². The van der Waals surface area contributed by atoms with E-state index in [2.05, 4.69) is 15.3 Å². The molecule has 9 heteroatoms. The second kappa shape index (κ2) is 9.64. The largest absolute Gasteiger partial charge is 0.466 e. The van der Waals surface area contributed by atoms with Gasteiger partial charge in [-0.3, -0.25) is 14.6 Å². The molecule has 7 nitrogen and oxygen atoms in total. The maximum Gasteiger partial charge on any atom is 0.310 e. The molecule has 0 bridgehead atoms. The zero-order valence-electron chi connectivity index (χ0n) is 19.4. The molecule has 4 rings (SSSR count). The Kier molecular flexibility index (Phi) is 6.81. The lowest BCUT2D eigenvalue weighted by molar-refractivity contribution is -0.146. The molecule has 1 amide bonds. The third-order valence-corrected chi connectivity index (χ3v) is 6.46. The number of aromatic nitrogens is 2. The normalized spacial score (nSPS) is 19.3. The Hall–Kier alpha value is -3.10. The molecule has 3 aromatic rings. The molecule has 1 fully saturated rings. The Morgan fingerprint density at radius 2 is 1.97 bits per heavy atom. The number of halogens is 2. The van der Waals surface area contributed by atoms with Crippen LogP contribution in [-0.4, -0.2) is 54.0 Å². The van der Waals surface area contributed by atoms with Gasteiger partial charge in [0.15, 0.2) is 0 Å². The number of pyridine rings is 2. The van der Waals surface area contributed by atoms with Gasteiger partial charge < -0.3 is 15.0 Å². The van der Waals surface area contributed by atoms with Gasteiger partial charge in [-0.05, 0) is 63.0 Å². The van der Waals surface area contributed by atoms with E-state index in [-0.39, 0.29) is 29.4 Å². The standard InChI is InChI=1S/C25H26ClFN4O3/c1-5-34-25(33)21-18(12-31(3)4)20(21)24(32)30-19-9-14-8-15(16-10-28-7-6-13(16)2)23(27)22(26)17(14)11-29-19/h6-11,18,20-21H,5,12H2,1-4H3,(H,29,30,32)/t18-,20+,21+/m1/s1. The van der Waals surface area contributed by atoms with Crippen molar-refractivity contribution in [2.75, 3.05) is 32.6 Å². The van der Waals surface area contributed by atoms with Crippen LogP contribution in [0.4, 0.5) is 10.2 Å². The van der Waals surface area contributed by atoms with Crippen LogP contribution in [0.1, 0.15) is 12.5 Å². The summed E-state index contributed by atoms with van der Waals surface area (Å²) in [6.45, 7) is 4.47. The second-order valence-corrected chi connectivity index (χ2v) is 9.13. The fourth-order valence-electron chi connectivity index (χ4n) is 4.39. The summed E-state index contributed by atoms with van der Waals surface area (Å²) in [7, 11) is 3.79. The molecule has 0 aliphatic heterocycles. The monoisotopic (exact) mass is 484 g/mol. The number of benzene rings is 1. The lowest BCUT2D eigenvalue weighted by Crippen LogP contribution is -2.20. The number of nitrogens with one attached hydrogen (secondary N) is 1. The molecule has 1 N–H and O–H groups in total. The first-order valence-electron chi connectivity index (χ1n) is 11.0. The van der Waals surface area contributed by atoms with Crippen LogP contribution in [-0.2, 0) is 14.3 Å². The Labute approximate surface area is 202 Å². The SMILES string of the molecule is CCOC(=O)[C@H]1[C@H](CN(C)C)[C@@H]1C(=O)Nc1cc2cc(-c3cnccc3C)c(F)c(Cl)c2cn1. The van der Waals surface area contributed by atoms with Crippen molar-refractivity contribution in [3.8, 4) is 11.1 Å². The number of nitrogens with zero attached hydrogens (tertiary/aromatic N) is 3. The van der Waals surface area contributed by atoms with Gasteiger partial charge in [0, 0.05) is 41.6 Å². The minimum Gasteiger partial charge on any atom is -0.466 e. The number of aryl methyl sites for hydroxylation is 1. The molecule has 1 aromatic carbocycles. The number of carbonyl (C=O) groups excluding carboxylic acids is 2. The van der Waals surface area contributed by atoms with Crippen LogP contribution in [0, 0.1) is 30.5 Å². The molecule has 178 valence electrons. The summed E-state index contributed by atoms with van der Waals surface area (Å²) in [5.74, 6) is -2.01. The minimum absolute atomic E-state index is 0.0447. The van der Waals surface area contributed by atoms with E-state index in [4.69, 9.17) is 16.3 Å². The lowest BCUT2D eigenvalue weighted by atomic mass is 9.99. The summed E-state index contributed by atoms with van der Waals surface area (Å²) >= 11 is 6.32. The van der Waals surface area contributed by atoms with E-state index in [1.807, 2.05) is 25.9 Å². The van der Waals surface area contributed by atoms with E-state index in [9.17, 15) is 9.59 Å². The number of amides is 1. The van der Waals surface area contributed by atoms with Gasteiger partial charge in [-0.1, -0.05) is 11.6 Å². The lowest BCUT2D eigenvalue weighted by Gasteiger charge is -2.12. The van der Waals surface area contributed by atoms with Gasteiger partial charge in [0.05, 0.1) is 23.5 Å². The van der Waals surface area contributed by atoms with Crippen LogP contribution >= 0.6 is 11.6 Å². The molecule has 0 spiro atoms. The highest BCUT2D eigenvalue weighted by atomic mass is 35.5. The van der Waals surface area contributed by atoms with E-state index in [0.717, 1.165) is 5.56 Å². The van der Waals surface area contributed by atoms with Gasteiger partial charge >= 0.3 is 5.97 Å². The first kappa shape index (κ1) is 24.0. The van der Waals surface area contributed by atoms with Crippen molar-refractivity contribution in [1.29, 1.82) is 0 Å². The van der Waals surface area contributed by atoms with Crippen molar-refractivity contribution >= 4 is 40.1 Å². The predicted molar refractivity (Wildman–Crippen MR) is 129 cm³/mol. The molecule has 1 aliphatic carbocycles. The number of carbonyl (C=O) groups is 2. The first-order valence-corrected chi connectivity index (χ1v) is 11.4. The summed E-state index contributed by atoms with van der Waals surface area (Å²) in [6, 6.07) is 5.12.